The van der Waals surface area contributed by atoms with Crippen LogP contribution in [0.25, 0.3) is 0 Å². The Labute approximate surface area is 203 Å². The van der Waals surface area contributed by atoms with Crippen molar-refractivity contribution in [2.45, 2.75) is 4.90 Å². The lowest BCUT2D eigenvalue weighted by Gasteiger charge is -2.12. The van der Waals surface area contributed by atoms with E-state index in [-0.39, 0.29) is 10.5 Å². The molecule has 3 aromatic carbocycles. The van der Waals surface area contributed by atoms with Gasteiger partial charge in [-0.2, -0.15) is 5.10 Å². The van der Waals surface area contributed by atoms with Crippen LogP contribution in [-0.2, 0) is 10.0 Å². The normalized spacial score (nSPS) is 11.1. The fraction of sp³-hybridized carbons (Fsp3) is 0.167. The zero-order chi connectivity index (χ0) is 25.4. The number of amides is 1. The molecule has 184 valence electrons. The first-order chi connectivity index (χ1) is 16.8. The summed E-state index contributed by atoms with van der Waals surface area (Å²) in [5.74, 6) is 1.30. The van der Waals surface area contributed by atoms with Gasteiger partial charge in [0.15, 0.2) is 11.5 Å². The summed E-state index contributed by atoms with van der Waals surface area (Å²) in [7, 11) is 2.07. The van der Waals surface area contributed by atoms with Gasteiger partial charge >= 0.3 is 0 Å². The van der Waals surface area contributed by atoms with E-state index in [1.165, 1.54) is 58.9 Å². The maximum atomic E-state index is 12.8. The number of sulfonamides is 1. The molecule has 0 aliphatic carbocycles. The molecule has 10 nitrogen and oxygen atoms in total. The van der Waals surface area contributed by atoms with Gasteiger partial charge in [0.2, 0.25) is 5.75 Å². The second-order valence-electron chi connectivity index (χ2n) is 7.02. The third-order valence-electron chi connectivity index (χ3n) is 4.82. The summed E-state index contributed by atoms with van der Waals surface area (Å²) in [5, 5.41) is 3.95. The molecule has 0 saturated carbocycles. The predicted molar refractivity (Wildman–Crippen MR) is 131 cm³/mol. The smallest absolute Gasteiger partial charge is 0.271 e. The van der Waals surface area contributed by atoms with Gasteiger partial charge in [-0.05, 0) is 54.6 Å². The molecule has 0 fully saturated rings. The number of hydrazone groups is 1. The number of hydrogen-bond acceptors (Lipinski definition) is 8. The molecule has 35 heavy (non-hydrogen) atoms. The molecule has 0 unspecified atom stereocenters. The summed E-state index contributed by atoms with van der Waals surface area (Å²) in [4.78, 5) is 12.5. The molecule has 11 heteroatoms. The molecule has 2 N–H and O–H groups in total. The van der Waals surface area contributed by atoms with Gasteiger partial charge in [0.25, 0.3) is 15.9 Å². The van der Waals surface area contributed by atoms with E-state index in [2.05, 4.69) is 15.2 Å². The highest BCUT2D eigenvalue weighted by atomic mass is 32.2. The van der Waals surface area contributed by atoms with E-state index < -0.39 is 15.9 Å². The molecule has 0 saturated heterocycles. The number of nitrogens with one attached hydrogen (secondary N) is 2. The number of nitrogens with zero attached hydrogens (tertiary/aromatic N) is 1. The summed E-state index contributed by atoms with van der Waals surface area (Å²) >= 11 is 0. The summed E-state index contributed by atoms with van der Waals surface area (Å²) in [6, 6.07) is 15.3. The van der Waals surface area contributed by atoms with Crippen LogP contribution in [0.1, 0.15) is 15.9 Å². The lowest BCUT2D eigenvalue weighted by atomic mass is 10.2. The molecular weight excluding hydrogens is 474 g/mol. The summed E-state index contributed by atoms with van der Waals surface area (Å²) in [6.45, 7) is 0. The molecule has 0 aromatic heterocycles. The van der Waals surface area contributed by atoms with E-state index in [1.54, 1.807) is 36.4 Å². The summed E-state index contributed by atoms with van der Waals surface area (Å²) in [5.41, 5.74) is 3.44. The number of rotatable bonds is 10. The van der Waals surface area contributed by atoms with Crippen molar-refractivity contribution in [3.05, 3.63) is 71.8 Å². The number of methoxy groups -OCH3 is 4. The van der Waals surface area contributed by atoms with Crippen LogP contribution in [-0.4, -0.2) is 49.0 Å². The van der Waals surface area contributed by atoms with E-state index in [1.807, 2.05) is 0 Å². The van der Waals surface area contributed by atoms with Crippen molar-refractivity contribution < 1.29 is 32.2 Å². The van der Waals surface area contributed by atoms with Crippen LogP contribution in [0.4, 0.5) is 5.69 Å². The van der Waals surface area contributed by atoms with Gasteiger partial charge in [0, 0.05) is 16.8 Å². The molecule has 3 aromatic rings. The standard InChI is InChI=1S/C24H25N3O7S/c1-31-19-10-8-18(9-11-19)27-35(29,30)20-7-5-6-17(14-20)24(28)26-25-15-16-12-21(32-2)23(34-4)22(13-16)33-3/h5-15,27H,1-4H3,(H,26,28). The molecular formula is C24H25N3O7S. The maximum Gasteiger partial charge on any atom is 0.271 e. The van der Waals surface area contributed by atoms with E-state index in [4.69, 9.17) is 18.9 Å². The van der Waals surface area contributed by atoms with E-state index in [0.29, 0.717) is 34.2 Å². The molecule has 3 rings (SSSR count). The molecule has 0 aliphatic heterocycles. The Morgan fingerprint density at radius 3 is 2.09 bits per heavy atom. The molecule has 0 atom stereocenters. The van der Waals surface area contributed by atoms with Gasteiger partial charge in [0.05, 0.1) is 39.5 Å². The third kappa shape index (κ3) is 6.21. The van der Waals surface area contributed by atoms with Crippen molar-refractivity contribution in [1.82, 2.24) is 5.43 Å². The van der Waals surface area contributed by atoms with Gasteiger partial charge in [-0.1, -0.05) is 6.07 Å². The zero-order valence-corrected chi connectivity index (χ0v) is 20.4. The van der Waals surface area contributed by atoms with Crippen LogP contribution in [0.2, 0.25) is 0 Å². The van der Waals surface area contributed by atoms with Gasteiger partial charge in [0.1, 0.15) is 5.75 Å². The van der Waals surface area contributed by atoms with Gasteiger partial charge in [-0.25, -0.2) is 13.8 Å². The van der Waals surface area contributed by atoms with Crippen LogP contribution in [0.15, 0.2) is 70.7 Å². The Hall–Kier alpha value is -4.25. The lowest BCUT2D eigenvalue weighted by molar-refractivity contribution is 0.0955. The first-order valence-corrected chi connectivity index (χ1v) is 11.7. The molecule has 1 amide bonds. The molecule has 0 bridgehead atoms. The summed E-state index contributed by atoms with van der Waals surface area (Å²) in [6.07, 6.45) is 1.40. The van der Waals surface area contributed by atoms with Crippen molar-refractivity contribution in [3.63, 3.8) is 0 Å². The largest absolute Gasteiger partial charge is 0.497 e. The minimum absolute atomic E-state index is 0.0745. The minimum Gasteiger partial charge on any atom is -0.497 e. The number of benzene rings is 3. The van der Waals surface area contributed by atoms with E-state index in [9.17, 15) is 13.2 Å². The van der Waals surface area contributed by atoms with Crippen LogP contribution in [0.3, 0.4) is 0 Å². The highest BCUT2D eigenvalue weighted by molar-refractivity contribution is 7.92. The molecule has 0 aliphatic rings. The van der Waals surface area contributed by atoms with Crippen molar-refractivity contribution >= 4 is 27.8 Å². The number of anilines is 1. The van der Waals surface area contributed by atoms with Crippen molar-refractivity contribution in [3.8, 4) is 23.0 Å². The highest BCUT2D eigenvalue weighted by Gasteiger charge is 2.17. The fourth-order valence-electron chi connectivity index (χ4n) is 3.08. The van der Waals surface area contributed by atoms with Crippen LogP contribution in [0.5, 0.6) is 23.0 Å². The number of hydrogen-bond donors (Lipinski definition) is 2. The first kappa shape index (κ1) is 25.4. The van der Waals surface area contributed by atoms with Crippen LogP contribution >= 0.6 is 0 Å². The minimum atomic E-state index is -3.92. The van der Waals surface area contributed by atoms with Crippen molar-refractivity contribution in [2.24, 2.45) is 5.10 Å². The summed E-state index contributed by atoms with van der Waals surface area (Å²) < 4.78 is 48.9. The Morgan fingerprint density at radius 2 is 1.51 bits per heavy atom. The average molecular weight is 500 g/mol. The lowest BCUT2D eigenvalue weighted by Crippen LogP contribution is -2.19. The van der Waals surface area contributed by atoms with Gasteiger partial charge in [-0.3, -0.25) is 9.52 Å². The maximum absolute atomic E-state index is 12.8. The zero-order valence-electron chi connectivity index (χ0n) is 19.6. The van der Waals surface area contributed by atoms with Crippen molar-refractivity contribution in [2.75, 3.05) is 33.2 Å². The quantitative estimate of drug-likeness (QED) is 0.324. The Kier molecular flexibility index (Phi) is 8.16. The Balaban J connectivity index is 1.73. The van der Waals surface area contributed by atoms with Gasteiger partial charge in [-0.15, -0.1) is 0 Å². The second-order valence-corrected chi connectivity index (χ2v) is 8.70. The Morgan fingerprint density at radius 1 is 0.857 bits per heavy atom. The second kappa shape index (κ2) is 11.3. The highest BCUT2D eigenvalue weighted by Crippen LogP contribution is 2.37. The molecule has 0 spiro atoms. The molecule has 0 heterocycles. The number of carbonyl (C=O) groups is 1. The topological polar surface area (TPSA) is 125 Å². The van der Waals surface area contributed by atoms with Crippen molar-refractivity contribution in [1.29, 1.82) is 0 Å². The average Bonchev–Trinajstić information content (AvgIpc) is 2.88. The van der Waals surface area contributed by atoms with Crippen LogP contribution < -0.4 is 29.1 Å². The van der Waals surface area contributed by atoms with Gasteiger partial charge < -0.3 is 18.9 Å². The SMILES string of the molecule is COc1ccc(NS(=O)(=O)c2cccc(C(=O)NN=Cc3cc(OC)c(OC)c(OC)c3)c2)cc1. The predicted octanol–water partition coefficient (Wildman–Crippen LogP) is 3.29. The fourth-order valence-corrected chi connectivity index (χ4v) is 4.19. The van der Waals surface area contributed by atoms with E-state index >= 15 is 0 Å². The first-order valence-electron chi connectivity index (χ1n) is 10.2. The van der Waals surface area contributed by atoms with Crippen LogP contribution in [0, 0.1) is 0 Å². The third-order valence-corrected chi connectivity index (χ3v) is 6.19. The number of ether oxygens (including phenoxy) is 4. The number of carbonyl (C=O) groups excluding carboxylic acids is 1. The molecule has 0 radical (unpaired) electrons. The monoisotopic (exact) mass is 499 g/mol. The van der Waals surface area contributed by atoms with E-state index in [0.717, 1.165) is 0 Å². The Bertz CT molecular complexity index is 1300.